The first-order chi connectivity index (χ1) is 9.74. The maximum Gasteiger partial charge on any atom is 0.234 e. The number of nitrogens with zero attached hydrogens (tertiary/aromatic N) is 2. The number of carbonyl (C=O) groups is 1. The summed E-state index contributed by atoms with van der Waals surface area (Å²) in [6, 6.07) is 3.93. The molecule has 1 N–H and O–H groups in total. The number of hydrogen-bond donors (Lipinski definition) is 1. The van der Waals surface area contributed by atoms with Crippen molar-refractivity contribution in [1.29, 1.82) is 0 Å². The fraction of sp³-hybridized carbons (Fsp3) is 0.600. The number of amides is 1. The monoisotopic (exact) mass is 277 g/mol. The van der Waals surface area contributed by atoms with Crippen molar-refractivity contribution in [3.8, 4) is 0 Å². The van der Waals surface area contributed by atoms with E-state index in [9.17, 15) is 4.79 Å². The van der Waals surface area contributed by atoms with Gasteiger partial charge in [-0.15, -0.1) is 0 Å². The molecule has 0 saturated carbocycles. The molecular weight excluding hydrogens is 254 g/mol. The maximum atomic E-state index is 11.8. The Morgan fingerprint density at radius 3 is 3.20 bits per heavy atom. The van der Waals surface area contributed by atoms with Crippen LogP contribution in [0.3, 0.4) is 0 Å². The Kier molecular flexibility index (Phi) is 5.95. The van der Waals surface area contributed by atoms with Crippen LogP contribution in [0.1, 0.15) is 18.4 Å². The molecule has 2 rings (SSSR count). The van der Waals surface area contributed by atoms with Crippen molar-refractivity contribution in [2.75, 3.05) is 33.4 Å². The molecule has 1 aliphatic heterocycles. The SMILES string of the molecule is CN(CC(=O)NCCC1CCOC1)Cc1cccnc1. The first-order valence-corrected chi connectivity index (χ1v) is 7.16. The van der Waals surface area contributed by atoms with Crippen LogP contribution in [0.25, 0.3) is 0 Å². The highest BCUT2D eigenvalue weighted by Gasteiger charge is 2.15. The van der Waals surface area contributed by atoms with Gasteiger partial charge in [-0.25, -0.2) is 0 Å². The Labute approximate surface area is 120 Å². The highest BCUT2D eigenvalue weighted by molar-refractivity contribution is 5.77. The summed E-state index contributed by atoms with van der Waals surface area (Å²) in [5.74, 6) is 0.693. The molecule has 0 aliphatic carbocycles. The van der Waals surface area contributed by atoms with E-state index in [4.69, 9.17) is 4.74 Å². The zero-order valence-electron chi connectivity index (χ0n) is 12.0. The van der Waals surface area contributed by atoms with E-state index in [0.29, 0.717) is 12.5 Å². The molecule has 1 aromatic heterocycles. The summed E-state index contributed by atoms with van der Waals surface area (Å²) in [5, 5.41) is 2.97. The van der Waals surface area contributed by atoms with E-state index in [-0.39, 0.29) is 5.91 Å². The van der Waals surface area contributed by atoms with E-state index >= 15 is 0 Å². The molecule has 5 heteroatoms. The van der Waals surface area contributed by atoms with Crippen LogP contribution in [-0.4, -0.2) is 49.1 Å². The van der Waals surface area contributed by atoms with Crippen molar-refractivity contribution in [2.24, 2.45) is 5.92 Å². The molecule has 1 aliphatic rings. The van der Waals surface area contributed by atoms with Crippen molar-refractivity contribution in [3.63, 3.8) is 0 Å². The second kappa shape index (κ2) is 7.97. The summed E-state index contributed by atoms with van der Waals surface area (Å²) in [6.45, 7) is 3.60. The number of likely N-dealkylation sites (N-methyl/N-ethyl adjacent to an activating group) is 1. The van der Waals surface area contributed by atoms with Gasteiger partial charge in [0.2, 0.25) is 5.91 Å². The molecule has 5 nitrogen and oxygen atoms in total. The van der Waals surface area contributed by atoms with Crippen LogP contribution in [0.4, 0.5) is 0 Å². The molecule has 1 amide bonds. The largest absolute Gasteiger partial charge is 0.381 e. The van der Waals surface area contributed by atoms with Crippen LogP contribution in [0.2, 0.25) is 0 Å². The van der Waals surface area contributed by atoms with Crippen LogP contribution in [0, 0.1) is 5.92 Å². The molecule has 110 valence electrons. The second-order valence-electron chi connectivity index (χ2n) is 5.40. The summed E-state index contributed by atoms with van der Waals surface area (Å²) in [5.41, 5.74) is 1.12. The maximum absolute atomic E-state index is 11.8. The third kappa shape index (κ3) is 5.27. The third-order valence-corrected chi connectivity index (χ3v) is 3.49. The quantitative estimate of drug-likeness (QED) is 0.809. The topological polar surface area (TPSA) is 54.5 Å². The van der Waals surface area contributed by atoms with Gasteiger partial charge in [0.15, 0.2) is 0 Å². The van der Waals surface area contributed by atoms with E-state index in [0.717, 1.165) is 44.7 Å². The third-order valence-electron chi connectivity index (χ3n) is 3.49. The van der Waals surface area contributed by atoms with Crippen LogP contribution in [0.5, 0.6) is 0 Å². The lowest BCUT2D eigenvalue weighted by Gasteiger charge is -2.16. The van der Waals surface area contributed by atoms with Crippen LogP contribution in [0.15, 0.2) is 24.5 Å². The van der Waals surface area contributed by atoms with Gasteiger partial charge < -0.3 is 10.1 Å². The standard InChI is InChI=1S/C15H23N3O2/c1-18(10-14-3-2-6-16-9-14)11-15(19)17-7-4-13-5-8-20-12-13/h2-3,6,9,13H,4-5,7-8,10-12H2,1H3,(H,17,19). The summed E-state index contributed by atoms with van der Waals surface area (Å²) < 4.78 is 5.32. The van der Waals surface area contributed by atoms with Gasteiger partial charge in [-0.1, -0.05) is 6.07 Å². The molecule has 2 heterocycles. The Morgan fingerprint density at radius 2 is 2.50 bits per heavy atom. The molecule has 0 bridgehead atoms. The molecular formula is C15H23N3O2. The van der Waals surface area contributed by atoms with E-state index < -0.39 is 0 Å². The van der Waals surface area contributed by atoms with Crippen molar-refractivity contribution < 1.29 is 9.53 Å². The molecule has 0 radical (unpaired) electrons. The average Bonchev–Trinajstić information content (AvgIpc) is 2.93. The van der Waals surface area contributed by atoms with Gasteiger partial charge >= 0.3 is 0 Å². The summed E-state index contributed by atoms with van der Waals surface area (Å²) in [7, 11) is 1.94. The molecule has 1 unspecified atom stereocenters. The summed E-state index contributed by atoms with van der Waals surface area (Å²) in [6.07, 6.45) is 5.71. The fourth-order valence-corrected chi connectivity index (χ4v) is 2.39. The first-order valence-electron chi connectivity index (χ1n) is 7.16. The summed E-state index contributed by atoms with van der Waals surface area (Å²) in [4.78, 5) is 17.9. The minimum Gasteiger partial charge on any atom is -0.381 e. The first kappa shape index (κ1) is 14.9. The van der Waals surface area contributed by atoms with E-state index in [1.165, 1.54) is 0 Å². The van der Waals surface area contributed by atoms with Gasteiger partial charge in [0.25, 0.3) is 0 Å². The number of nitrogens with one attached hydrogen (secondary N) is 1. The minimum absolute atomic E-state index is 0.0790. The summed E-state index contributed by atoms with van der Waals surface area (Å²) >= 11 is 0. The molecule has 0 spiro atoms. The van der Waals surface area contributed by atoms with Gasteiger partial charge in [-0.05, 0) is 37.4 Å². The number of hydrogen-bond acceptors (Lipinski definition) is 4. The highest BCUT2D eigenvalue weighted by atomic mass is 16.5. The lowest BCUT2D eigenvalue weighted by atomic mass is 10.1. The fourth-order valence-electron chi connectivity index (χ4n) is 2.39. The molecule has 1 aromatic rings. The van der Waals surface area contributed by atoms with Crippen LogP contribution >= 0.6 is 0 Å². The van der Waals surface area contributed by atoms with Gasteiger partial charge in [0.05, 0.1) is 6.54 Å². The van der Waals surface area contributed by atoms with Crippen LogP contribution in [-0.2, 0) is 16.1 Å². The number of pyridine rings is 1. The zero-order valence-corrected chi connectivity index (χ0v) is 12.0. The zero-order chi connectivity index (χ0) is 14.2. The van der Waals surface area contributed by atoms with E-state index in [1.54, 1.807) is 6.20 Å². The van der Waals surface area contributed by atoms with Crippen molar-refractivity contribution in [2.45, 2.75) is 19.4 Å². The highest BCUT2D eigenvalue weighted by Crippen LogP contribution is 2.15. The van der Waals surface area contributed by atoms with Crippen LogP contribution < -0.4 is 5.32 Å². The number of aromatic nitrogens is 1. The predicted octanol–water partition coefficient (Wildman–Crippen LogP) is 1.06. The van der Waals surface area contributed by atoms with Gasteiger partial charge in [0, 0.05) is 38.7 Å². The molecule has 20 heavy (non-hydrogen) atoms. The van der Waals surface area contributed by atoms with Crippen molar-refractivity contribution >= 4 is 5.91 Å². The molecule has 1 saturated heterocycles. The van der Waals surface area contributed by atoms with Gasteiger partial charge in [-0.3, -0.25) is 14.7 Å². The van der Waals surface area contributed by atoms with Gasteiger partial charge in [0.1, 0.15) is 0 Å². The predicted molar refractivity (Wildman–Crippen MR) is 77.1 cm³/mol. The molecule has 1 atom stereocenters. The second-order valence-corrected chi connectivity index (χ2v) is 5.40. The number of rotatable bonds is 7. The lowest BCUT2D eigenvalue weighted by molar-refractivity contribution is -0.122. The number of carbonyl (C=O) groups excluding carboxylic acids is 1. The van der Waals surface area contributed by atoms with Crippen molar-refractivity contribution in [1.82, 2.24) is 15.2 Å². The Morgan fingerprint density at radius 1 is 1.60 bits per heavy atom. The number of ether oxygens (including phenoxy) is 1. The Balaban J connectivity index is 1.61. The van der Waals surface area contributed by atoms with Crippen molar-refractivity contribution in [3.05, 3.63) is 30.1 Å². The normalized spacial score (nSPS) is 18.4. The lowest BCUT2D eigenvalue weighted by Crippen LogP contribution is -2.35. The molecule has 1 fully saturated rings. The van der Waals surface area contributed by atoms with E-state index in [1.807, 2.05) is 30.3 Å². The smallest absolute Gasteiger partial charge is 0.234 e. The van der Waals surface area contributed by atoms with E-state index in [2.05, 4.69) is 10.3 Å². The van der Waals surface area contributed by atoms with Gasteiger partial charge in [-0.2, -0.15) is 0 Å². The minimum atomic E-state index is 0.0790. The average molecular weight is 277 g/mol. The molecule has 0 aromatic carbocycles. The Hall–Kier alpha value is -1.46. The Bertz CT molecular complexity index is 405.